The van der Waals surface area contributed by atoms with Gasteiger partial charge in [0, 0.05) is 39.4 Å². The molecule has 0 aliphatic rings. The molecule has 0 radical (unpaired) electrons. The van der Waals surface area contributed by atoms with Gasteiger partial charge in [0.25, 0.3) is 0 Å². The van der Waals surface area contributed by atoms with E-state index in [2.05, 4.69) is 137 Å². The van der Waals surface area contributed by atoms with E-state index in [1.165, 1.54) is 21.9 Å². The number of benzene rings is 6. The van der Waals surface area contributed by atoms with Gasteiger partial charge in [0.15, 0.2) is 0 Å². The molecule has 0 unspecified atom stereocenters. The maximum absolute atomic E-state index is 6.30. The lowest BCUT2D eigenvalue weighted by atomic mass is 10.0. The molecule has 8 rings (SSSR count). The predicted molar refractivity (Wildman–Crippen MR) is 167 cm³/mol. The second-order valence-electron chi connectivity index (χ2n) is 10.1. The Morgan fingerprint density at radius 2 is 1.12 bits per heavy atom. The molecule has 40 heavy (non-hydrogen) atoms. The average Bonchev–Trinajstić information content (AvgIpc) is 3.41. The molecule has 0 saturated carbocycles. The summed E-state index contributed by atoms with van der Waals surface area (Å²) in [6.07, 6.45) is 1.78. The first-order chi connectivity index (χ1) is 19.8. The molecule has 0 atom stereocenters. The van der Waals surface area contributed by atoms with Gasteiger partial charge in [-0.1, -0.05) is 84.9 Å². The molecule has 0 aliphatic carbocycles. The fraction of sp³-hybridized carbons (Fsp3) is 0. The van der Waals surface area contributed by atoms with E-state index < -0.39 is 0 Å². The molecule has 0 spiro atoms. The number of aromatic nitrogens is 1. The first-order valence-corrected chi connectivity index (χ1v) is 13.5. The number of fused-ring (bicyclic) bond motifs is 6. The molecule has 0 amide bonds. The van der Waals surface area contributed by atoms with Crippen molar-refractivity contribution in [1.29, 1.82) is 0 Å². The minimum Gasteiger partial charge on any atom is -0.437 e. The van der Waals surface area contributed by atoms with Crippen LogP contribution in [0.4, 0.5) is 17.1 Å². The largest absolute Gasteiger partial charge is 0.437 e. The maximum Gasteiger partial charge on any atom is 0.227 e. The Morgan fingerprint density at radius 3 is 1.98 bits per heavy atom. The van der Waals surface area contributed by atoms with Crippen LogP contribution in [0, 0.1) is 0 Å². The second-order valence-corrected chi connectivity index (χ2v) is 10.1. The average molecular weight is 513 g/mol. The molecule has 8 aromatic rings. The molecule has 0 fully saturated rings. The third kappa shape index (κ3) is 3.71. The first kappa shape index (κ1) is 22.6. The predicted octanol–water partition coefficient (Wildman–Crippen LogP) is 10.4. The summed E-state index contributed by atoms with van der Waals surface area (Å²) >= 11 is 0. The quantitative estimate of drug-likeness (QED) is 0.235. The van der Waals surface area contributed by atoms with Gasteiger partial charge in [0.2, 0.25) is 5.71 Å². The van der Waals surface area contributed by atoms with Crippen LogP contribution in [0.1, 0.15) is 0 Å². The fourth-order valence-corrected chi connectivity index (χ4v) is 5.71. The van der Waals surface area contributed by atoms with Crippen LogP contribution in [0.25, 0.3) is 54.7 Å². The SMILES string of the molecule is c1ccc(-c2ccc(N(c3ccc4ccccc4c3)c3ccc4ccc5c6cccnc6oc5c4c3)cc2)cc1. The van der Waals surface area contributed by atoms with Gasteiger partial charge < -0.3 is 9.32 Å². The summed E-state index contributed by atoms with van der Waals surface area (Å²) in [7, 11) is 0. The molecular formula is C37H24N2O. The van der Waals surface area contributed by atoms with Crippen LogP contribution in [0.5, 0.6) is 0 Å². The van der Waals surface area contributed by atoms with Crippen molar-refractivity contribution in [3.05, 3.63) is 146 Å². The van der Waals surface area contributed by atoms with Crippen LogP contribution in [0.15, 0.2) is 150 Å². The molecule has 188 valence electrons. The van der Waals surface area contributed by atoms with Crippen LogP contribution in [-0.4, -0.2) is 4.98 Å². The second kappa shape index (κ2) is 9.11. The molecule has 3 nitrogen and oxygen atoms in total. The Hall–Kier alpha value is -5.41. The van der Waals surface area contributed by atoms with Gasteiger partial charge in [-0.05, 0) is 81.9 Å². The smallest absolute Gasteiger partial charge is 0.227 e. The third-order valence-electron chi connectivity index (χ3n) is 7.70. The molecule has 3 heteroatoms. The molecule has 0 bridgehead atoms. The zero-order valence-corrected chi connectivity index (χ0v) is 21.7. The van der Waals surface area contributed by atoms with E-state index in [-0.39, 0.29) is 0 Å². The minimum absolute atomic E-state index is 0.665. The number of anilines is 3. The number of hydrogen-bond donors (Lipinski definition) is 0. The lowest BCUT2D eigenvalue weighted by Crippen LogP contribution is -2.09. The zero-order chi connectivity index (χ0) is 26.5. The van der Waals surface area contributed by atoms with Gasteiger partial charge in [0.1, 0.15) is 5.58 Å². The van der Waals surface area contributed by atoms with Gasteiger partial charge in [-0.25, -0.2) is 4.98 Å². The zero-order valence-electron chi connectivity index (χ0n) is 21.7. The highest BCUT2D eigenvalue weighted by Crippen LogP contribution is 2.40. The number of rotatable bonds is 4. The van der Waals surface area contributed by atoms with Crippen molar-refractivity contribution >= 4 is 60.7 Å². The molecule has 2 heterocycles. The number of nitrogens with zero attached hydrogens (tertiary/aromatic N) is 2. The van der Waals surface area contributed by atoms with Crippen LogP contribution in [0.2, 0.25) is 0 Å². The molecule has 6 aromatic carbocycles. The van der Waals surface area contributed by atoms with Crippen LogP contribution >= 0.6 is 0 Å². The minimum atomic E-state index is 0.665. The van der Waals surface area contributed by atoms with Gasteiger partial charge in [-0.15, -0.1) is 0 Å². The summed E-state index contributed by atoms with van der Waals surface area (Å²) in [5.74, 6) is 0. The van der Waals surface area contributed by atoms with E-state index in [1.807, 2.05) is 12.1 Å². The monoisotopic (exact) mass is 512 g/mol. The first-order valence-electron chi connectivity index (χ1n) is 13.5. The molecule has 2 aromatic heterocycles. The molecule has 0 saturated heterocycles. The Morgan fingerprint density at radius 1 is 0.450 bits per heavy atom. The molecule has 0 aliphatic heterocycles. The van der Waals surface area contributed by atoms with Crippen molar-refractivity contribution in [3.63, 3.8) is 0 Å². The Bertz CT molecular complexity index is 2160. The van der Waals surface area contributed by atoms with Crippen molar-refractivity contribution in [1.82, 2.24) is 4.98 Å². The van der Waals surface area contributed by atoms with Crippen molar-refractivity contribution in [2.75, 3.05) is 4.90 Å². The van der Waals surface area contributed by atoms with Crippen molar-refractivity contribution in [3.8, 4) is 11.1 Å². The van der Waals surface area contributed by atoms with Crippen LogP contribution in [-0.2, 0) is 0 Å². The van der Waals surface area contributed by atoms with Crippen molar-refractivity contribution in [2.45, 2.75) is 0 Å². The summed E-state index contributed by atoms with van der Waals surface area (Å²) in [5.41, 5.74) is 7.19. The van der Waals surface area contributed by atoms with E-state index in [9.17, 15) is 0 Å². The van der Waals surface area contributed by atoms with E-state index in [1.54, 1.807) is 6.20 Å². The topological polar surface area (TPSA) is 29.3 Å². The third-order valence-corrected chi connectivity index (χ3v) is 7.70. The Kier molecular flexibility index (Phi) is 5.14. The van der Waals surface area contributed by atoms with Crippen LogP contribution in [0.3, 0.4) is 0 Å². The van der Waals surface area contributed by atoms with Crippen molar-refractivity contribution in [2.24, 2.45) is 0 Å². The Balaban J connectivity index is 1.33. The summed E-state index contributed by atoms with van der Waals surface area (Å²) in [6.45, 7) is 0. The van der Waals surface area contributed by atoms with E-state index in [0.29, 0.717) is 5.71 Å². The summed E-state index contributed by atoms with van der Waals surface area (Å²) in [4.78, 5) is 6.78. The van der Waals surface area contributed by atoms with Gasteiger partial charge >= 0.3 is 0 Å². The standard InChI is InChI=1S/C37H24N2O/c1-2-7-25(8-3-1)27-12-17-30(18-13-27)39(31-19-14-26-9-4-5-10-29(26)23-31)32-20-15-28-16-21-33-34-11-6-22-38-37(34)40-36(33)35(28)24-32/h1-24H. The highest BCUT2D eigenvalue weighted by atomic mass is 16.3. The van der Waals surface area contributed by atoms with Crippen LogP contribution < -0.4 is 4.90 Å². The summed E-state index contributed by atoms with van der Waals surface area (Å²) in [6, 6.07) is 49.4. The van der Waals surface area contributed by atoms with Gasteiger partial charge in [-0.3, -0.25) is 0 Å². The number of hydrogen-bond acceptors (Lipinski definition) is 3. The van der Waals surface area contributed by atoms with Gasteiger partial charge in [0.05, 0.1) is 0 Å². The highest BCUT2D eigenvalue weighted by Gasteiger charge is 2.17. The number of pyridine rings is 1. The normalized spacial score (nSPS) is 11.5. The van der Waals surface area contributed by atoms with Gasteiger partial charge in [-0.2, -0.15) is 0 Å². The lowest BCUT2D eigenvalue weighted by molar-refractivity contribution is 0.657. The van der Waals surface area contributed by atoms with E-state index in [4.69, 9.17) is 4.42 Å². The number of furan rings is 1. The molecule has 0 N–H and O–H groups in total. The van der Waals surface area contributed by atoms with E-state index in [0.717, 1.165) is 44.2 Å². The van der Waals surface area contributed by atoms with E-state index >= 15 is 0 Å². The van der Waals surface area contributed by atoms with Crippen molar-refractivity contribution < 1.29 is 4.42 Å². The Labute approximate surface area is 231 Å². The molecular weight excluding hydrogens is 488 g/mol. The highest BCUT2D eigenvalue weighted by molar-refractivity contribution is 6.15. The summed E-state index contributed by atoms with van der Waals surface area (Å²) in [5, 5.41) is 6.75. The maximum atomic E-state index is 6.30. The fourth-order valence-electron chi connectivity index (χ4n) is 5.71. The lowest BCUT2D eigenvalue weighted by Gasteiger charge is -2.26. The summed E-state index contributed by atoms with van der Waals surface area (Å²) < 4.78 is 6.30.